The number of rotatable bonds is 3. The molecular weight excluding hydrogens is 218 g/mol. The molecule has 1 aromatic heterocycles. The molecule has 0 saturated heterocycles. The van der Waals surface area contributed by atoms with Gasteiger partial charge in [0.05, 0.1) is 12.5 Å². The van der Waals surface area contributed by atoms with Crippen LogP contribution in [0.2, 0.25) is 0 Å². The van der Waals surface area contributed by atoms with Gasteiger partial charge in [-0.15, -0.1) is 0 Å². The number of hydrogen-bond acceptors (Lipinski definition) is 3. The fourth-order valence-corrected chi connectivity index (χ4v) is 2.43. The first-order chi connectivity index (χ1) is 8.22. The van der Waals surface area contributed by atoms with Gasteiger partial charge in [-0.25, -0.2) is 4.98 Å². The number of aliphatic hydroxyl groups is 1. The lowest BCUT2D eigenvalue weighted by atomic mass is 9.85. The smallest absolute Gasteiger partial charge is 0.269 e. The maximum Gasteiger partial charge on any atom is 0.269 e. The number of aryl methyl sites for hydroxylation is 1. The lowest BCUT2D eigenvalue weighted by Crippen LogP contribution is -2.43. The zero-order valence-corrected chi connectivity index (χ0v) is 10.1. The van der Waals surface area contributed by atoms with E-state index in [1.54, 1.807) is 24.1 Å². The minimum absolute atomic E-state index is 0.0937. The summed E-state index contributed by atoms with van der Waals surface area (Å²) in [4.78, 5) is 15.9. The predicted octanol–water partition coefficient (Wildman–Crippen LogP) is 0.701. The second kappa shape index (κ2) is 5.31. The second-order valence-electron chi connectivity index (χ2n) is 4.70. The van der Waals surface area contributed by atoms with E-state index in [0.29, 0.717) is 5.69 Å². The average Bonchev–Trinajstić information content (AvgIpc) is 2.76. The summed E-state index contributed by atoms with van der Waals surface area (Å²) in [5.41, 5.74) is 0.562. The molecule has 1 aromatic rings. The largest absolute Gasteiger partial charge is 0.396 e. The van der Waals surface area contributed by atoms with E-state index in [2.05, 4.69) is 10.3 Å². The van der Waals surface area contributed by atoms with Crippen molar-refractivity contribution < 1.29 is 9.90 Å². The van der Waals surface area contributed by atoms with Crippen molar-refractivity contribution in [2.24, 2.45) is 13.0 Å². The van der Waals surface area contributed by atoms with E-state index in [4.69, 9.17) is 0 Å². The lowest BCUT2D eigenvalue weighted by Gasteiger charge is -2.30. The molecule has 17 heavy (non-hydrogen) atoms. The molecule has 94 valence electrons. The Labute approximate surface area is 101 Å². The van der Waals surface area contributed by atoms with Crippen LogP contribution in [0.4, 0.5) is 0 Å². The van der Waals surface area contributed by atoms with Crippen molar-refractivity contribution in [2.45, 2.75) is 31.7 Å². The number of aliphatic hydroxyl groups excluding tert-OH is 1. The van der Waals surface area contributed by atoms with Crippen LogP contribution in [-0.2, 0) is 7.05 Å². The molecule has 0 aromatic carbocycles. The number of nitrogens with zero attached hydrogens (tertiary/aromatic N) is 2. The summed E-state index contributed by atoms with van der Waals surface area (Å²) in [6, 6.07) is 0.0937. The highest BCUT2D eigenvalue weighted by Gasteiger charge is 2.26. The Balaban J connectivity index is 2.00. The van der Waals surface area contributed by atoms with Crippen LogP contribution >= 0.6 is 0 Å². The first-order valence-electron chi connectivity index (χ1n) is 6.10. The highest BCUT2D eigenvalue weighted by Crippen LogP contribution is 2.24. The highest BCUT2D eigenvalue weighted by molar-refractivity contribution is 5.92. The molecule has 1 saturated carbocycles. The minimum atomic E-state index is -0.102. The Hall–Kier alpha value is -1.36. The van der Waals surface area contributed by atoms with Crippen LogP contribution in [-0.4, -0.2) is 33.2 Å². The van der Waals surface area contributed by atoms with E-state index in [9.17, 15) is 9.90 Å². The van der Waals surface area contributed by atoms with E-state index in [1.165, 1.54) is 0 Å². The topological polar surface area (TPSA) is 67.2 Å². The molecule has 1 heterocycles. The summed E-state index contributed by atoms with van der Waals surface area (Å²) >= 11 is 0. The van der Waals surface area contributed by atoms with Gasteiger partial charge in [-0.2, -0.15) is 0 Å². The summed E-state index contributed by atoms with van der Waals surface area (Å²) < 4.78 is 1.70. The van der Waals surface area contributed by atoms with Crippen molar-refractivity contribution in [2.75, 3.05) is 6.61 Å². The van der Waals surface area contributed by atoms with Crippen LogP contribution in [0, 0.1) is 5.92 Å². The Morgan fingerprint density at radius 3 is 3.00 bits per heavy atom. The molecule has 2 atom stereocenters. The summed E-state index contributed by atoms with van der Waals surface area (Å²) in [6.45, 7) is 0.149. The fraction of sp³-hybridized carbons (Fsp3) is 0.667. The number of hydrogen-bond donors (Lipinski definition) is 2. The Bertz CT molecular complexity index is 389. The van der Waals surface area contributed by atoms with Crippen LogP contribution in [0.3, 0.4) is 0 Å². The van der Waals surface area contributed by atoms with Crippen molar-refractivity contribution in [1.82, 2.24) is 14.9 Å². The molecule has 5 heteroatoms. The van der Waals surface area contributed by atoms with Crippen molar-refractivity contribution in [3.63, 3.8) is 0 Å². The molecule has 1 aliphatic carbocycles. The molecule has 0 spiro atoms. The number of carbonyl (C=O) groups excluding carboxylic acids is 1. The summed E-state index contributed by atoms with van der Waals surface area (Å²) in [5, 5.41) is 12.3. The van der Waals surface area contributed by atoms with E-state index in [1.807, 2.05) is 0 Å². The van der Waals surface area contributed by atoms with E-state index < -0.39 is 0 Å². The average molecular weight is 237 g/mol. The first-order valence-corrected chi connectivity index (χ1v) is 6.10. The molecule has 0 bridgehead atoms. The maximum atomic E-state index is 12.0. The van der Waals surface area contributed by atoms with Crippen LogP contribution < -0.4 is 5.32 Å². The molecule has 5 nitrogen and oxygen atoms in total. The van der Waals surface area contributed by atoms with Gasteiger partial charge in [0.2, 0.25) is 0 Å². The molecule has 0 aliphatic heterocycles. The van der Waals surface area contributed by atoms with Gasteiger partial charge in [0.25, 0.3) is 5.91 Å². The summed E-state index contributed by atoms with van der Waals surface area (Å²) in [7, 11) is 1.80. The van der Waals surface area contributed by atoms with Gasteiger partial charge >= 0.3 is 0 Å². The number of carbonyl (C=O) groups is 1. The van der Waals surface area contributed by atoms with Gasteiger partial charge < -0.3 is 15.0 Å². The number of imidazole rings is 1. The maximum absolute atomic E-state index is 12.0. The quantitative estimate of drug-likeness (QED) is 0.813. The molecule has 1 fully saturated rings. The van der Waals surface area contributed by atoms with E-state index in [0.717, 1.165) is 25.7 Å². The molecule has 2 unspecified atom stereocenters. The third-order valence-corrected chi connectivity index (χ3v) is 3.51. The van der Waals surface area contributed by atoms with Crippen LogP contribution in [0.5, 0.6) is 0 Å². The van der Waals surface area contributed by atoms with Crippen LogP contribution in [0.25, 0.3) is 0 Å². The molecular formula is C12H19N3O2. The standard InChI is InChI=1S/C12H19N3O2/c1-15-8-13-6-11(15)12(17)14-10-5-3-2-4-9(10)7-16/h6,8-10,16H,2-5,7H2,1H3,(H,14,17). The Morgan fingerprint density at radius 2 is 2.35 bits per heavy atom. The predicted molar refractivity (Wildman–Crippen MR) is 63.5 cm³/mol. The van der Waals surface area contributed by atoms with Gasteiger partial charge in [0.15, 0.2) is 0 Å². The normalized spacial score (nSPS) is 24.6. The molecule has 2 N–H and O–H groups in total. The van der Waals surface area contributed by atoms with Crippen molar-refractivity contribution in [1.29, 1.82) is 0 Å². The van der Waals surface area contributed by atoms with Gasteiger partial charge in [0, 0.05) is 25.6 Å². The first kappa shape index (κ1) is 12.1. The third-order valence-electron chi connectivity index (χ3n) is 3.51. The number of nitrogens with one attached hydrogen (secondary N) is 1. The zero-order valence-electron chi connectivity index (χ0n) is 10.1. The summed E-state index contributed by atoms with van der Waals surface area (Å²) in [5.74, 6) is 0.0938. The zero-order chi connectivity index (χ0) is 12.3. The Morgan fingerprint density at radius 1 is 1.59 bits per heavy atom. The lowest BCUT2D eigenvalue weighted by molar-refractivity contribution is 0.0864. The number of amides is 1. The Kier molecular flexibility index (Phi) is 3.78. The number of aromatic nitrogens is 2. The molecule has 2 rings (SSSR count). The monoisotopic (exact) mass is 237 g/mol. The fourth-order valence-electron chi connectivity index (χ4n) is 2.43. The van der Waals surface area contributed by atoms with Crippen LogP contribution in [0.1, 0.15) is 36.2 Å². The SMILES string of the molecule is Cn1cncc1C(=O)NC1CCCCC1CO. The van der Waals surface area contributed by atoms with Gasteiger partial charge in [-0.1, -0.05) is 12.8 Å². The van der Waals surface area contributed by atoms with E-state index in [-0.39, 0.29) is 24.5 Å². The van der Waals surface area contributed by atoms with Gasteiger partial charge in [-0.05, 0) is 12.8 Å². The van der Waals surface area contributed by atoms with Crippen molar-refractivity contribution in [3.05, 3.63) is 18.2 Å². The third kappa shape index (κ3) is 2.66. The van der Waals surface area contributed by atoms with Crippen LogP contribution in [0.15, 0.2) is 12.5 Å². The van der Waals surface area contributed by atoms with Crippen molar-refractivity contribution >= 4 is 5.91 Å². The highest BCUT2D eigenvalue weighted by atomic mass is 16.3. The molecule has 1 aliphatic rings. The van der Waals surface area contributed by atoms with E-state index >= 15 is 0 Å². The van der Waals surface area contributed by atoms with Gasteiger partial charge in [-0.3, -0.25) is 4.79 Å². The second-order valence-corrected chi connectivity index (χ2v) is 4.70. The summed E-state index contributed by atoms with van der Waals surface area (Å²) in [6.07, 6.45) is 7.38. The molecule has 1 amide bonds. The molecule has 0 radical (unpaired) electrons. The minimum Gasteiger partial charge on any atom is -0.396 e. The van der Waals surface area contributed by atoms with Gasteiger partial charge in [0.1, 0.15) is 5.69 Å². The van der Waals surface area contributed by atoms with Crippen molar-refractivity contribution in [3.8, 4) is 0 Å².